The minimum atomic E-state index is -1.18. The van der Waals surface area contributed by atoms with Crippen LogP contribution in [0.2, 0.25) is 0 Å². The predicted octanol–water partition coefficient (Wildman–Crippen LogP) is 2.00. The number of hydrogen-bond acceptors (Lipinski definition) is 3. The summed E-state index contributed by atoms with van der Waals surface area (Å²) in [5.41, 5.74) is 0. The molecule has 94 valence electrons. The van der Waals surface area contributed by atoms with Crippen molar-refractivity contribution in [3.05, 3.63) is 23.7 Å². The first kappa shape index (κ1) is 13.3. The number of carboxylic acid groups (broad SMARTS) is 1. The van der Waals surface area contributed by atoms with Gasteiger partial charge in [-0.2, -0.15) is 0 Å². The Hall–Kier alpha value is -1.78. The molecule has 1 aromatic heterocycles. The molecule has 0 fully saturated rings. The molecule has 5 nitrogen and oxygen atoms in total. The molecule has 5 heteroatoms. The lowest BCUT2D eigenvalue weighted by molar-refractivity contribution is 0.0659. The largest absolute Gasteiger partial charge is 0.475 e. The molecule has 0 aliphatic heterocycles. The van der Waals surface area contributed by atoms with E-state index in [0.717, 1.165) is 0 Å². The summed E-state index contributed by atoms with van der Waals surface area (Å²) in [4.78, 5) is 22.2. The molecule has 1 rings (SSSR count). The topological polar surface area (TPSA) is 79.5 Å². The van der Waals surface area contributed by atoms with Crippen LogP contribution in [0.1, 0.15) is 41.9 Å². The minimum absolute atomic E-state index is 0.0263. The maximum absolute atomic E-state index is 11.6. The summed E-state index contributed by atoms with van der Waals surface area (Å²) >= 11 is 0. The summed E-state index contributed by atoms with van der Waals surface area (Å²) in [6.45, 7) is 6.73. The maximum atomic E-state index is 11.6. The van der Waals surface area contributed by atoms with E-state index in [-0.39, 0.29) is 17.4 Å². The van der Waals surface area contributed by atoms with E-state index in [0.29, 0.717) is 18.4 Å². The second-order valence-corrected chi connectivity index (χ2v) is 4.40. The monoisotopic (exact) mass is 239 g/mol. The molecule has 0 radical (unpaired) electrons. The number of carbonyl (C=O) groups is 2. The lowest BCUT2D eigenvalue weighted by atomic mass is 9.98. The summed E-state index contributed by atoms with van der Waals surface area (Å²) < 4.78 is 4.89. The Kier molecular flexibility index (Phi) is 4.31. The number of carboxylic acids is 1. The molecule has 17 heavy (non-hydrogen) atoms. The molecule has 1 heterocycles. The SMILES string of the molecule is CC(C)C(C)CNC(=O)c1ccc(C(=O)O)o1. The summed E-state index contributed by atoms with van der Waals surface area (Å²) in [6, 6.07) is 2.63. The van der Waals surface area contributed by atoms with Crippen LogP contribution in [0.15, 0.2) is 16.5 Å². The molecule has 0 bridgehead atoms. The van der Waals surface area contributed by atoms with Crippen LogP contribution in [0.4, 0.5) is 0 Å². The Bertz CT molecular complexity index is 408. The zero-order valence-electron chi connectivity index (χ0n) is 10.2. The second kappa shape index (κ2) is 5.52. The average molecular weight is 239 g/mol. The third-order valence-corrected chi connectivity index (χ3v) is 2.76. The van der Waals surface area contributed by atoms with E-state index in [1.807, 2.05) is 6.92 Å². The standard InChI is InChI=1S/C12H17NO4/c1-7(2)8(3)6-13-11(14)9-4-5-10(17-9)12(15)16/h4-5,7-8H,6H2,1-3H3,(H,13,14)(H,15,16). The van der Waals surface area contributed by atoms with E-state index in [2.05, 4.69) is 19.2 Å². The first-order valence-electron chi connectivity index (χ1n) is 5.53. The normalized spacial score (nSPS) is 12.5. The molecule has 1 unspecified atom stereocenters. The number of hydrogen-bond donors (Lipinski definition) is 2. The van der Waals surface area contributed by atoms with Crippen LogP contribution in [0.5, 0.6) is 0 Å². The molecule has 0 saturated heterocycles. The molecule has 0 aromatic carbocycles. The van der Waals surface area contributed by atoms with E-state index in [1.54, 1.807) is 0 Å². The summed E-state index contributed by atoms with van der Waals surface area (Å²) in [6.07, 6.45) is 0. The van der Waals surface area contributed by atoms with Crippen LogP contribution < -0.4 is 5.32 Å². The highest BCUT2D eigenvalue weighted by atomic mass is 16.4. The van der Waals surface area contributed by atoms with Crippen molar-refractivity contribution in [3.63, 3.8) is 0 Å². The first-order valence-corrected chi connectivity index (χ1v) is 5.53. The van der Waals surface area contributed by atoms with Crippen molar-refractivity contribution in [2.24, 2.45) is 11.8 Å². The van der Waals surface area contributed by atoms with Crippen molar-refractivity contribution in [2.75, 3.05) is 6.54 Å². The zero-order valence-corrected chi connectivity index (χ0v) is 10.2. The molecular formula is C12H17NO4. The average Bonchev–Trinajstić information content (AvgIpc) is 2.74. The van der Waals surface area contributed by atoms with Gasteiger partial charge in [0.15, 0.2) is 5.76 Å². The van der Waals surface area contributed by atoms with Gasteiger partial charge < -0.3 is 14.8 Å². The Morgan fingerprint density at radius 3 is 2.35 bits per heavy atom. The molecular weight excluding hydrogens is 222 g/mol. The highest BCUT2D eigenvalue weighted by Crippen LogP contribution is 2.10. The fourth-order valence-electron chi connectivity index (χ4n) is 1.15. The van der Waals surface area contributed by atoms with Crippen LogP contribution in [0, 0.1) is 11.8 Å². The van der Waals surface area contributed by atoms with Crippen LogP contribution in [-0.4, -0.2) is 23.5 Å². The fourth-order valence-corrected chi connectivity index (χ4v) is 1.15. The van der Waals surface area contributed by atoms with Gasteiger partial charge in [0.25, 0.3) is 5.91 Å². The van der Waals surface area contributed by atoms with E-state index in [1.165, 1.54) is 12.1 Å². The Balaban J connectivity index is 2.55. The molecule has 0 saturated carbocycles. The van der Waals surface area contributed by atoms with Crippen LogP contribution >= 0.6 is 0 Å². The first-order chi connectivity index (χ1) is 7.91. The molecule has 1 atom stereocenters. The van der Waals surface area contributed by atoms with Crippen molar-refractivity contribution in [3.8, 4) is 0 Å². The van der Waals surface area contributed by atoms with Gasteiger partial charge in [-0.25, -0.2) is 4.79 Å². The second-order valence-electron chi connectivity index (χ2n) is 4.40. The van der Waals surface area contributed by atoms with Gasteiger partial charge in [-0.05, 0) is 24.0 Å². The van der Waals surface area contributed by atoms with Gasteiger partial charge in [-0.3, -0.25) is 4.79 Å². The van der Waals surface area contributed by atoms with Gasteiger partial charge >= 0.3 is 5.97 Å². The molecule has 0 spiro atoms. The molecule has 1 aromatic rings. The van der Waals surface area contributed by atoms with E-state index >= 15 is 0 Å². The maximum Gasteiger partial charge on any atom is 0.371 e. The van der Waals surface area contributed by atoms with E-state index in [9.17, 15) is 9.59 Å². The van der Waals surface area contributed by atoms with Gasteiger partial charge in [0.1, 0.15) is 0 Å². The number of nitrogens with one attached hydrogen (secondary N) is 1. The molecule has 0 aliphatic rings. The lowest BCUT2D eigenvalue weighted by Gasteiger charge is -2.15. The molecule has 2 N–H and O–H groups in total. The van der Waals surface area contributed by atoms with Crippen LogP contribution in [0.3, 0.4) is 0 Å². The molecule has 1 amide bonds. The Morgan fingerprint density at radius 1 is 1.29 bits per heavy atom. The van der Waals surface area contributed by atoms with Crippen LogP contribution in [0.25, 0.3) is 0 Å². The zero-order chi connectivity index (χ0) is 13.0. The Labute approximate surface area is 99.8 Å². The summed E-state index contributed by atoms with van der Waals surface area (Å²) in [5.74, 6) is -0.940. The number of aromatic carboxylic acids is 1. The van der Waals surface area contributed by atoms with E-state index < -0.39 is 5.97 Å². The third kappa shape index (κ3) is 3.62. The van der Waals surface area contributed by atoms with Crippen molar-refractivity contribution in [1.82, 2.24) is 5.32 Å². The summed E-state index contributed by atoms with van der Waals surface area (Å²) in [5, 5.41) is 11.4. The highest BCUT2D eigenvalue weighted by Gasteiger charge is 2.15. The number of carbonyl (C=O) groups excluding carboxylic acids is 1. The van der Waals surface area contributed by atoms with Crippen molar-refractivity contribution in [1.29, 1.82) is 0 Å². The van der Waals surface area contributed by atoms with Crippen molar-refractivity contribution >= 4 is 11.9 Å². The molecule has 0 aliphatic carbocycles. The van der Waals surface area contributed by atoms with Gasteiger partial charge in [-0.15, -0.1) is 0 Å². The van der Waals surface area contributed by atoms with Crippen molar-refractivity contribution < 1.29 is 19.1 Å². The van der Waals surface area contributed by atoms with Gasteiger partial charge in [-0.1, -0.05) is 20.8 Å². The quantitative estimate of drug-likeness (QED) is 0.823. The van der Waals surface area contributed by atoms with Crippen molar-refractivity contribution in [2.45, 2.75) is 20.8 Å². The van der Waals surface area contributed by atoms with E-state index in [4.69, 9.17) is 9.52 Å². The highest BCUT2D eigenvalue weighted by molar-refractivity contribution is 5.93. The fraction of sp³-hybridized carbons (Fsp3) is 0.500. The number of rotatable bonds is 5. The Morgan fingerprint density at radius 2 is 1.88 bits per heavy atom. The number of furan rings is 1. The van der Waals surface area contributed by atoms with Crippen LogP contribution in [-0.2, 0) is 0 Å². The number of amides is 1. The lowest BCUT2D eigenvalue weighted by Crippen LogP contribution is -2.29. The summed E-state index contributed by atoms with van der Waals surface area (Å²) in [7, 11) is 0. The van der Waals surface area contributed by atoms with Gasteiger partial charge in [0.05, 0.1) is 0 Å². The van der Waals surface area contributed by atoms with Gasteiger partial charge in [0, 0.05) is 6.54 Å². The third-order valence-electron chi connectivity index (χ3n) is 2.76. The predicted molar refractivity (Wildman–Crippen MR) is 62.0 cm³/mol. The smallest absolute Gasteiger partial charge is 0.371 e. The van der Waals surface area contributed by atoms with Gasteiger partial charge in [0.2, 0.25) is 5.76 Å². The minimum Gasteiger partial charge on any atom is -0.475 e.